The van der Waals surface area contributed by atoms with Gasteiger partial charge in [0, 0.05) is 29.8 Å². The number of amides is 2. The van der Waals surface area contributed by atoms with Crippen LogP contribution in [0.25, 0.3) is 0 Å². The average molecular weight is 366 g/mol. The molecule has 5 heteroatoms. The van der Waals surface area contributed by atoms with Gasteiger partial charge in [-0.2, -0.15) is 0 Å². The molecular weight excluding hydrogens is 343 g/mol. The van der Waals surface area contributed by atoms with E-state index in [0.29, 0.717) is 24.1 Å². The highest BCUT2D eigenvalue weighted by Gasteiger charge is 2.39. The zero-order chi connectivity index (χ0) is 18.9. The summed E-state index contributed by atoms with van der Waals surface area (Å²) in [7, 11) is 0. The standard InChI is InChI=1S/C22H23FN2O2/c23-19-10-2-1-9-18(19)22(12-3-4-13-22)24-21(27)16-7-5-8-17(15-16)25-14-6-11-20(25)26/h1-2,5,7-10,15H,3-4,6,11-14H2,(H,24,27). The van der Waals surface area contributed by atoms with E-state index in [1.807, 2.05) is 12.1 Å². The van der Waals surface area contributed by atoms with Crippen molar-refractivity contribution in [3.05, 3.63) is 65.5 Å². The molecule has 27 heavy (non-hydrogen) atoms. The molecule has 140 valence electrons. The first-order valence-electron chi connectivity index (χ1n) is 9.57. The highest BCUT2D eigenvalue weighted by Crippen LogP contribution is 2.40. The molecule has 2 aliphatic rings. The molecule has 1 saturated carbocycles. The number of nitrogens with one attached hydrogen (secondary N) is 1. The predicted molar refractivity (Wildman–Crippen MR) is 102 cm³/mol. The van der Waals surface area contributed by atoms with Gasteiger partial charge in [0.1, 0.15) is 5.82 Å². The Morgan fingerprint density at radius 1 is 1.04 bits per heavy atom. The van der Waals surface area contributed by atoms with Gasteiger partial charge in [0.2, 0.25) is 5.91 Å². The molecule has 1 aliphatic carbocycles. The lowest BCUT2D eigenvalue weighted by Gasteiger charge is -2.31. The second-order valence-electron chi connectivity index (χ2n) is 7.42. The SMILES string of the molecule is O=C(NC1(c2ccccc2F)CCCC1)c1cccc(N2CCCC2=O)c1. The molecule has 0 radical (unpaired) electrons. The predicted octanol–water partition coefficient (Wildman–Crippen LogP) is 4.15. The van der Waals surface area contributed by atoms with Gasteiger partial charge < -0.3 is 10.2 Å². The van der Waals surface area contributed by atoms with Crippen molar-refractivity contribution in [1.82, 2.24) is 5.32 Å². The third-order valence-corrected chi connectivity index (χ3v) is 5.69. The second-order valence-corrected chi connectivity index (χ2v) is 7.42. The van der Waals surface area contributed by atoms with E-state index in [1.54, 1.807) is 35.2 Å². The fraction of sp³-hybridized carbons (Fsp3) is 0.364. The van der Waals surface area contributed by atoms with E-state index in [2.05, 4.69) is 5.32 Å². The van der Waals surface area contributed by atoms with Crippen LogP contribution in [0.5, 0.6) is 0 Å². The molecule has 0 unspecified atom stereocenters. The van der Waals surface area contributed by atoms with Crippen molar-refractivity contribution in [3.63, 3.8) is 0 Å². The maximum absolute atomic E-state index is 14.5. The number of anilines is 1. The molecule has 0 atom stereocenters. The topological polar surface area (TPSA) is 49.4 Å². The van der Waals surface area contributed by atoms with Gasteiger partial charge in [0.15, 0.2) is 0 Å². The summed E-state index contributed by atoms with van der Waals surface area (Å²) in [5.74, 6) is -0.420. The van der Waals surface area contributed by atoms with Crippen molar-refractivity contribution in [3.8, 4) is 0 Å². The number of rotatable bonds is 4. The Hall–Kier alpha value is -2.69. The van der Waals surface area contributed by atoms with Crippen LogP contribution in [-0.4, -0.2) is 18.4 Å². The third-order valence-electron chi connectivity index (χ3n) is 5.69. The van der Waals surface area contributed by atoms with Gasteiger partial charge in [-0.3, -0.25) is 9.59 Å². The van der Waals surface area contributed by atoms with Gasteiger partial charge in [-0.05, 0) is 43.5 Å². The number of carbonyl (C=O) groups excluding carboxylic acids is 2. The summed E-state index contributed by atoms with van der Waals surface area (Å²) in [5, 5.41) is 3.11. The highest BCUT2D eigenvalue weighted by molar-refractivity contribution is 5.99. The normalized spacial score (nSPS) is 18.7. The van der Waals surface area contributed by atoms with Crippen LogP contribution in [0, 0.1) is 5.82 Å². The van der Waals surface area contributed by atoms with Crippen LogP contribution < -0.4 is 10.2 Å². The maximum Gasteiger partial charge on any atom is 0.252 e. The first kappa shape index (κ1) is 17.7. The second kappa shape index (κ2) is 7.14. The molecule has 4 nitrogen and oxygen atoms in total. The lowest BCUT2D eigenvalue weighted by molar-refractivity contribution is -0.117. The van der Waals surface area contributed by atoms with Crippen LogP contribution in [-0.2, 0) is 10.3 Å². The Morgan fingerprint density at radius 3 is 2.52 bits per heavy atom. The Balaban J connectivity index is 1.61. The Labute approximate surface area is 158 Å². The van der Waals surface area contributed by atoms with E-state index in [0.717, 1.165) is 37.8 Å². The minimum absolute atomic E-state index is 0.0891. The smallest absolute Gasteiger partial charge is 0.252 e. The fourth-order valence-corrected chi connectivity index (χ4v) is 4.32. The summed E-state index contributed by atoms with van der Waals surface area (Å²) in [6, 6.07) is 13.8. The summed E-state index contributed by atoms with van der Waals surface area (Å²) in [6.45, 7) is 0.684. The van der Waals surface area contributed by atoms with Gasteiger partial charge in [0.05, 0.1) is 5.54 Å². The molecule has 0 aromatic heterocycles. The summed E-state index contributed by atoms with van der Waals surface area (Å²) < 4.78 is 14.5. The summed E-state index contributed by atoms with van der Waals surface area (Å²) in [6.07, 6.45) is 4.75. The third kappa shape index (κ3) is 3.34. The van der Waals surface area contributed by atoms with Crippen molar-refractivity contribution < 1.29 is 14.0 Å². The van der Waals surface area contributed by atoms with Crippen LogP contribution in [0.4, 0.5) is 10.1 Å². The van der Waals surface area contributed by atoms with E-state index < -0.39 is 5.54 Å². The first-order valence-corrected chi connectivity index (χ1v) is 9.57. The molecule has 4 rings (SSSR count). The molecule has 2 aromatic carbocycles. The number of carbonyl (C=O) groups is 2. The van der Waals surface area contributed by atoms with Crippen LogP contribution in [0.1, 0.15) is 54.4 Å². The van der Waals surface area contributed by atoms with Crippen molar-refractivity contribution in [2.45, 2.75) is 44.1 Å². The maximum atomic E-state index is 14.5. The van der Waals surface area contributed by atoms with E-state index in [-0.39, 0.29) is 17.6 Å². The lowest BCUT2D eigenvalue weighted by atomic mass is 9.87. The minimum atomic E-state index is -0.665. The van der Waals surface area contributed by atoms with Crippen molar-refractivity contribution in [2.75, 3.05) is 11.4 Å². The van der Waals surface area contributed by atoms with Gasteiger partial charge in [-0.1, -0.05) is 37.1 Å². The van der Waals surface area contributed by atoms with Crippen LogP contribution in [0.15, 0.2) is 48.5 Å². The molecule has 2 fully saturated rings. The number of halogens is 1. The first-order chi connectivity index (χ1) is 13.1. The lowest BCUT2D eigenvalue weighted by Crippen LogP contribution is -2.44. The van der Waals surface area contributed by atoms with Gasteiger partial charge >= 0.3 is 0 Å². The molecule has 1 heterocycles. The van der Waals surface area contributed by atoms with Crippen molar-refractivity contribution >= 4 is 17.5 Å². The molecular formula is C22H23FN2O2. The molecule has 1 N–H and O–H groups in total. The minimum Gasteiger partial charge on any atom is -0.342 e. The summed E-state index contributed by atoms with van der Waals surface area (Å²) in [4.78, 5) is 26.7. The Morgan fingerprint density at radius 2 is 1.81 bits per heavy atom. The average Bonchev–Trinajstić information content (AvgIpc) is 3.32. The quantitative estimate of drug-likeness (QED) is 0.884. The molecule has 1 saturated heterocycles. The van der Waals surface area contributed by atoms with E-state index in [1.165, 1.54) is 6.07 Å². The van der Waals surface area contributed by atoms with Crippen LogP contribution in [0.3, 0.4) is 0 Å². The van der Waals surface area contributed by atoms with Crippen LogP contribution in [0.2, 0.25) is 0 Å². The zero-order valence-corrected chi connectivity index (χ0v) is 15.2. The summed E-state index contributed by atoms with van der Waals surface area (Å²) in [5.41, 5.74) is 1.13. The number of benzene rings is 2. The Kier molecular flexibility index (Phi) is 4.68. The monoisotopic (exact) mass is 366 g/mol. The molecule has 2 aromatic rings. The van der Waals surface area contributed by atoms with E-state index in [4.69, 9.17) is 0 Å². The highest BCUT2D eigenvalue weighted by atomic mass is 19.1. The van der Waals surface area contributed by atoms with Crippen molar-refractivity contribution in [1.29, 1.82) is 0 Å². The molecule has 0 spiro atoms. The van der Waals surface area contributed by atoms with E-state index in [9.17, 15) is 14.0 Å². The fourth-order valence-electron chi connectivity index (χ4n) is 4.32. The van der Waals surface area contributed by atoms with Crippen LogP contribution >= 0.6 is 0 Å². The largest absolute Gasteiger partial charge is 0.342 e. The van der Waals surface area contributed by atoms with Crippen molar-refractivity contribution in [2.24, 2.45) is 0 Å². The number of nitrogens with zero attached hydrogens (tertiary/aromatic N) is 1. The molecule has 0 bridgehead atoms. The summed E-state index contributed by atoms with van der Waals surface area (Å²) >= 11 is 0. The molecule has 1 aliphatic heterocycles. The van der Waals surface area contributed by atoms with Gasteiger partial charge in [-0.15, -0.1) is 0 Å². The molecule has 2 amide bonds. The number of hydrogen-bond acceptors (Lipinski definition) is 2. The van der Waals surface area contributed by atoms with Gasteiger partial charge in [-0.25, -0.2) is 4.39 Å². The zero-order valence-electron chi connectivity index (χ0n) is 15.2. The Bertz CT molecular complexity index is 874. The van der Waals surface area contributed by atoms with E-state index >= 15 is 0 Å². The van der Waals surface area contributed by atoms with Gasteiger partial charge in [0.25, 0.3) is 5.91 Å². The number of hydrogen-bond donors (Lipinski definition) is 1.